The van der Waals surface area contributed by atoms with Crippen molar-refractivity contribution in [1.29, 1.82) is 0 Å². The summed E-state index contributed by atoms with van der Waals surface area (Å²) in [6.45, 7) is 7.14. The van der Waals surface area contributed by atoms with Crippen LogP contribution in [-0.4, -0.2) is 13.1 Å². The highest BCUT2D eigenvalue weighted by atomic mass is 14.9. The number of hydrogen-bond acceptors (Lipinski definition) is 1. The predicted octanol–water partition coefficient (Wildman–Crippen LogP) is 3.20. The molecule has 1 nitrogen and oxygen atoms in total. The van der Waals surface area contributed by atoms with Crippen molar-refractivity contribution in [2.75, 3.05) is 13.1 Å². The van der Waals surface area contributed by atoms with E-state index >= 15 is 0 Å². The highest BCUT2D eigenvalue weighted by Crippen LogP contribution is 2.27. The molecule has 1 rings (SSSR count). The van der Waals surface area contributed by atoms with Crippen molar-refractivity contribution in [3.63, 3.8) is 0 Å². The van der Waals surface area contributed by atoms with Gasteiger partial charge in [0.2, 0.25) is 0 Å². The van der Waals surface area contributed by atoms with E-state index in [1.807, 2.05) is 0 Å². The van der Waals surface area contributed by atoms with Gasteiger partial charge in [0.05, 0.1) is 0 Å². The summed E-state index contributed by atoms with van der Waals surface area (Å²) in [7, 11) is 0. The molecule has 0 unspecified atom stereocenters. The molecule has 1 aliphatic rings. The van der Waals surface area contributed by atoms with Gasteiger partial charge in [-0.3, -0.25) is 0 Å². The van der Waals surface area contributed by atoms with Gasteiger partial charge < -0.3 is 5.32 Å². The Balaban J connectivity index is 1.96. The molecule has 0 bridgehead atoms. The minimum atomic E-state index is 0.980. The van der Waals surface area contributed by atoms with Crippen molar-refractivity contribution < 1.29 is 0 Å². The lowest BCUT2D eigenvalue weighted by Gasteiger charge is -2.26. The Morgan fingerprint density at radius 1 is 1.15 bits per heavy atom. The van der Waals surface area contributed by atoms with E-state index in [1.165, 1.54) is 51.6 Å². The zero-order valence-electron chi connectivity index (χ0n) is 9.31. The van der Waals surface area contributed by atoms with Gasteiger partial charge in [-0.1, -0.05) is 33.1 Å². The van der Waals surface area contributed by atoms with Gasteiger partial charge >= 0.3 is 0 Å². The SMILES string of the molecule is CCCCNCC1CCC(C)CC1. The van der Waals surface area contributed by atoms with E-state index in [0.717, 1.165) is 11.8 Å². The van der Waals surface area contributed by atoms with E-state index in [-0.39, 0.29) is 0 Å². The molecule has 0 spiro atoms. The fourth-order valence-corrected chi connectivity index (χ4v) is 2.14. The molecule has 1 aliphatic carbocycles. The Bertz CT molecular complexity index is 114. The summed E-state index contributed by atoms with van der Waals surface area (Å²) in [5, 5.41) is 3.57. The maximum atomic E-state index is 3.57. The second kappa shape index (κ2) is 6.42. The molecule has 13 heavy (non-hydrogen) atoms. The zero-order chi connectivity index (χ0) is 9.52. The summed E-state index contributed by atoms with van der Waals surface area (Å²) in [5.41, 5.74) is 0. The van der Waals surface area contributed by atoms with Crippen molar-refractivity contribution in [2.45, 2.75) is 52.4 Å². The number of hydrogen-bond donors (Lipinski definition) is 1. The van der Waals surface area contributed by atoms with E-state index < -0.39 is 0 Å². The lowest BCUT2D eigenvalue weighted by atomic mass is 9.83. The van der Waals surface area contributed by atoms with Crippen LogP contribution in [0.4, 0.5) is 0 Å². The number of unbranched alkanes of at least 4 members (excludes halogenated alkanes) is 1. The fourth-order valence-electron chi connectivity index (χ4n) is 2.14. The van der Waals surface area contributed by atoms with E-state index in [4.69, 9.17) is 0 Å². The summed E-state index contributed by atoms with van der Waals surface area (Å²) >= 11 is 0. The molecule has 0 atom stereocenters. The molecular weight excluding hydrogens is 158 g/mol. The molecule has 0 aromatic heterocycles. The first-order chi connectivity index (χ1) is 6.33. The highest BCUT2D eigenvalue weighted by Gasteiger charge is 2.17. The fraction of sp³-hybridized carbons (Fsp3) is 1.00. The minimum absolute atomic E-state index is 0.980. The molecule has 1 heteroatoms. The first-order valence-electron chi connectivity index (χ1n) is 6.03. The van der Waals surface area contributed by atoms with Crippen molar-refractivity contribution in [1.82, 2.24) is 5.32 Å². The summed E-state index contributed by atoms with van der Waals surface area (Å²) in [4.78, 5) is 0. The van der Waals surface area contributed by atoms with Crippen molar-refractivity contribution >= 4 is 0 Å². The molecule has 1 N–H and O–H groups in total. The van der Waals surface area contributed by atoms with Crippen LogP contribution in [0, 0.1) is 11.8 Å². The van der Waals surface area contributed by atoms with Crippen LogP contribution < -0.4 is 5.32 Å². The molecule has 1 fully saturated rings. The van der Waals surface area contributed by atoms with Crippen molar-refractivity contribution in [2.24, 2.45) is 11.8 Å². The van der Waals surface area contributed by atoms with E-state index in [0.29, 0.717) is 0 Å². The Morgan fingerprint density at radius 3 is 2.46 bits per heavy atom. The van der Waals surface area contributed by atoms with Crippen LogP contribution in [0.3, 0.4) is 0 Å². The maximum Gasteiger partial charge on any atom is -0.00205 e. The molecule has 0 aliphatic heterocycles. The van der Waals surface area contributed by atoms with E-state index in [1.54, 1.807) is 0 Å². The van der Waals surface area contributed by atoms with Crippen LogP contribution in [0.2, 0.25) is 0 Å². The van der Waals surface area contributed by atoms with Crippen LogP contribution in [0.1, 0.15) is 52.4 Å². The molecule has 0 aromatic rings. The smallest absolute Gasteiger partial charge is 0.00205 e. The van der Waals surface area contributed by atoms with Gasteiger partial charge in [0.15, 0.2) is 0 Å². The second-order valence-electron chi connectivity index (χ2n) is 4.68. The largest absolute Gasteiger partial charge is 0.316 e. The molecule has 1 saturated carbocycles. The lowest BCUT2D eigenvalue weighted by molar-refractivity contribution is 0.282. The van der Waals surface area contributed by atoms with E-state index in [9.17, 15) is 0 Å². The molecule has 78 valence electrons. The van der Waals surface area contributed by atoms with Gasteiger partial charge in [0.1, 0.15) is 0 Å². The van der Waals surface area contributed by atoms with E-state index in [2.05, 4.69) is 19.2 Å². The van der Waals surface area contributed by atoms with Crippen LogP contribution in [0.25, 0.3) is 0 Å². The third-order valence-electron chi connectivity index (χ3n) is 3.28. The Labute approximate surface area is 83.3 Å². The first kappa shape index (κ1) is 11.0. The maximum absolute atomic E-state index is 3.57. The minimum Gasteiger partial charge on any atom is -0.316 e. The topological polar surface area (TPSA) is 12.0 Å². The quantitative estimate of drug-likeness (QED) is 0.645. The molecular formula is C12H25N. The molecule has 0 amide bonds. The lowest BCUT2D eigenvalue weighted by Crippen LogP contribution is -2.26. The Kier molecular flexibility index (Phi) is 5.45. The van der Waals surface area contributed by atoms with Crippen LogP contribution in [0.15, 0.2) is 0 Å². The van der Waals surface area contributed by atoms with Gasteiger partial charge in [-0.15, -0.1) is 0 Å². The van der Waals surface area contributed by atoms with Crippen molar-refractivity contribution in [3.8, 4) is 0 Å². The van der Waals surface area contributed by atoms with Gasteiger partial charge in [0.25, 0.3) is 0 Å². The Hall–Kier alpha value is -0.0400. The monoisotopic (exact) mass is 183 g/mol. The summed E-state index contributed by atoms with van der Waals surface area (Å²) < 4.78 is 0. The van der Waals surface area contributed by atoms with Gasteiger partial charge in [0, 0.05) is 0 Å². The summed E-state index contributed by atoms with van der Waals surface area (Å²) in [5.74, 6) is 1.97. The highest BCUT2D eigenvalue weighted by molar-refractivity contribution is 4.71. The summed E-state index contributed by atoms with van der Waals surface area (Å²) in [6, 6.07) is 0. The predicted molar refractivity (Wildman–Crippen MR) is 58.9 cm³/mol. The molecule has 0 saturated heterocycles. The number of rotatable bonds is 5. The second-order valence-corrected chi connectivity index (χ2v) is 4.68. The third-order valence-corrected chi connectivity index (χ3v) is 3.28. The standard InChI is InChI=1S/C12H25N/c1-3-4-9-13-10-12-7-5-11(2)6-8-12/h11-13H,3-10H2,1-2H3. The Morgan fingerprint density at radius 2 is 1.85 bits per heavy atom. The van der Waals surface area contributed by atoms with Crippen LogP contribution >= 0.6 is 0 Å². The van der Waals surface area contributed by atoms with Crippen LogP contribution in [-0.2, 0) is 0 Å². The average molecular weight is 183 g/mol. The molecule has 0 radical (unpaired) electrons. The van der Waals surface area contributed by atoms with Gasteiger partial charge in [-0.25, -0.2) is 0 Å². The van der Waals surface area contributed by atoms with Gasteiger partial charge in [-0.2, -0.15) is 0 Å². The normalized spacial score (nSPS) is 29.1. The summed E-state index contributed by atoms with van der Waals surface area (Å²) in [6.07, 6.45) is 8.48. The molecule has 0 heterocycles. The average Bonchev–Trinajstić information content (AvgIpc) is 2.15. The third kappa shape index (κ3) is 4.66. The van der Waals surface area contributed by atoms with Gasteiger partial charge in [-0.05, 0) is 44.2 Å². The first-order valence-corrected chi connectivity index (χ1v) is 6.03. The van der Waals surface area contributed by atoms with Crippen molar-refractivity contribution in [3.05, 3.63) is 0 Å². The van der Waals surface area contributed by atoms with Crippen LogP contribution in [0.5, 0.6) is 0 Å². The number of nitrogens with one attached hydrogen (secondary N) is 1. The zero-order valence-corrected chi connectivity index (χ0v) is 9.31. The molecule has 0 aromatic carbocycles.